The zero-order chi connectivity index (χ0) is 22.7. The van der Waals surface area contributed by atoms with E-state index in [1.54, 1.807) is 38.7 Å². The number of methoxy groups -OCH3 is 2. The minimum absolute atomic E-state index is 0.0165. The van der Waals surface area contributed by atoms with Gasteiger partial charge in [0.2, 0.25) is 0 Å². The lowest BCUT2D eigenvalue weighted by Crippen LogP contribution is -2.17. The van der Waals surface area contributed by atoms with Crippen molar-refractivity contribution in [3.05, 3.63) is 60.0 Å². The molecule has 0 spiro atoms. The molecule has 0 radical (unpaired) electrons. The first-order valence-electron chi connectivity index (χ1n) is 10.2. The number of halogens is 1. The average Bonchev–Trinajstić information content (AvgIpc) is 3.20. The van der Waals surface area contributed by atoms with Crippen molar-refractivity contribution in [1.29, 1.82) is 0 Å². The number of allylic oxidation sites excluding steroid dienone is 3. The lowest BCUT2D eigenvalue weighted by atomic mass is 10.0. The number of rotatable bonds is 8. The summed E-state index contributed by atoms with van der Waals surface area (Å²) < 4.78 is 12.6. The van der Waals surface area contributed by atoms with Crippen LogP contribution in [0.2, 0.25) is 0 Å². The fraction of sp³-hybridized carbons (Fsp3) is 0.261. The number of anilines is 1. The molecule has 32 heavy (non-hydrogen) atoms. The molecule has 0 saturated carbocycles. The molecule has 1 amide bonds. The van der Waals surface area contributed by atoms with E-state index in [2.05, 4.69) is 27.4 Å². The van der Waals surface area contributed by atoms with E-state index in [1.807, 2.05) is 16.7 Å². The van der Waals surface area contributed by atoms with E-state index in [0.29, 0.717) is 35.2 Å². The van der Waals surface area contributed by atoms with Crippen LogP contribution in [0.25, 0.3) is 16.9 Å². The van der Waals surface area contributed by atoms with Crippen LogP contribution in [0.15, 0.2) is 54.4 Å². The van der Waals surface area contributed by atoms with Crippen LogP contribution in [0.5, 0.6) is 11.5 Å². The summed E-state index contributed by atoms with van der Waals surface area (Å²) in [5.41, 5.74) is 8.55. The van der Waals surface area contributed by atoms with E-state index in [-0.39, 0.29) is 5.38 Å². The summed E-state index contributed by atoms with van der Waals surface area (Å²) in [4.78, 5) is 21.0. The zero-order valence-corrected chi connectivity index (χ0v) is 18.6. The lowest BCUT2D eigenvalue weighted by Gasteiger charge is -2.14. The van der Waals surface area contributed by atoms with Crippen molar-refractivity contribution in [3.8, 4) is 17.3 Å². The number of primary amides is 1. The molecule has 3 aromatic rings. The van der Waals surface area contributed by atoms with Gasteiger partial charge in [-0.15, -0.1) is 11.6 Å². The molecule has 9 heteroatoms. The van der Waals surface area contributed by atoms with Crippen molar-refractivity contribution in [3.63, 3.8) is 0 Å². The van der Waals surface area contributed by atoms with Crippen LogP contribution in [-0.4, -0.2) is 46.6 Å². The summed E-state index contributed by atoms with van der Waals surface area (Å²) in [6, 6.07) is 7.03. The molecule has 1 aliphatic rings. The van der Waals surface area contributed by atoms with Crippen LogP contribution >= 0.6 is 11.6 Å². The molecule has 1 aliphatic carbocycles. The minimum atomic E-state index is -0.550. The summed E-state index contributed by atoms with van der Waals surface area (Å²) in [5, 5.41) is 3.26. The number of nitrogens with zero attached hydrogens (tertiary/aromatic N) is 3. The zero-order valence-electron chi connectivity index (χ0n) is 17.8. The number of nitrogens with two attached hydrogens (primary N) is 1. The van der Waals surface area contributed by atoms with Crippen LogP contribution in [-0.2, 0) is 0 Å². The summed E-state index contributed by atoms with van der Waals surface area (Å²) in [6.07, 6.45) is 9.42. The van der Waals surface area contributed by atoms with E-state index in [9.17, 15) is 4.79 Å². The number of fused-ring (bicyclic) bond motifs is 1. The number of hydrogen-bond donors (Lipinski definition) is 2. The molecule has 4 rings (SSSR count). The smallest absolute Gasteiger partial charge is 0.252 e. The Balaban J connectivity index is 1.64. The van der Waals surface area contributed by atoms with Crippen molar-refractivity contribution in [2.75, 3.05) is 26.1 Å². The molecule has 0 saturated heterocycles. The number of benzene rings is 1. The molecular weight excluding hydrogens is 430 g/mol. The van der Waals surface area contributed by atoms with Gasteiger partial charge < -0.3 is 20.5 Å². The topological polar surface area (TPSA) is 104 Å². The highest BCUT2D eigenvalue weighted by Gasteiger charge is 2.16. The Morgan fingerprint density at radius 3 is 2.78 bits per heavy atom. The number of amides is 1. The van der Waals surface area contributed by atoms with E-state index in [4.69, 9.17) is 26.8 Å². The first kappa shape index (κ1) is 21.7. The van der Waals surface area contributed by atoms with E-state index in [0.717, 1.165) is 29.4 Å². The number of aromatic nitrogens is 3. The van der Waals surface area contributed by atoms with Gasteiger partial charge in [0, 0.05) is 18.7 Å². The van der Waals surface area contributed by atoms with Gasteiger partial charge in [0.15, 0.2) is 11.5 Å². The lowest BCUT2D eigenvalue weighted by molar-refractivity contribution is 0.100. The molecule has 1 atom stereocenters. The van der Waals surface area contributed by atoms with Crippen LogP contribution in [0.3, 0.4) is 0 Å². The summed E-state index contributed by atoms with van der Waals surface area (Å²) in [5.74, 6) is 1.63. The predicted octanol–water partition coefficient (Wildman–Crippen LogP) is 3.83. The fourth-order valence-corrected chi connectivity index (χ4v) is 3.90. The third kappa shape index (κ3) is 4.40. The fourth-order valence-electron chi connectivity index (χ4n) is 3.63. The highest BCUT2D eigenvalue weighted by molar-refractivity contribution is 6.22. The van der Waals surface area contributed by atoms with Crippen LogP contribution < -0.4 is 20.5 Å². The maximum atomic E-state index is 11.9. The van der Waals surface area contributed by atoms with Gasteiger partial charge in [0.05, 0.1) is 36.2 Å². The molecule has 2 aromatic heterocycles. The number of alkyl halides is 1. The molecule has 1 aromatic carbocycles. The summed E-state index contributed by atoms with van der Waals surface area (Å²) >= 11 is 6.19. The molecule has 0 aliphatic heterocycles. The van der Waals surface area contributed by atoms with Crippen molar-refractivity contribution in [1.82, 2.24) is 14.5 Å². The molecular formula is C23H24ClN5O3. The van der Waals surface area contributed by atoms with Gasteiger partial charge in [0.1, 0.15) is 18.0 Å². The van der Waals surface area contributed by atoms with E-state index >= 15 is 0 Å². The maximum Gasteiger partial charge on any atom is 0.252 e. The number of nitrogens with one attached hydrogen (secondary N) is 1. The molecule has 166 valence electrons. The Kier molecular flexibility index (Phi) is 6.32. The summed E-state index contributed by atoms with van der Waals surface area (Å²) in [6.45, 7) is 0.576. The first-order valence-corrected chi connectivity index (χ1v) is 10.6. The molecule has 0 bridgehead atoms. The second kappa shape index (κ2) is 9.32. The van der Waals surface area contributed by atoms with Crippen LogP contribution in [0, 0.1) is 0 Å². The third-order valence-electron chi connectivity index (χ3n) is 5.24. The second-order valence-electron chi connectivity index (χ2n) is 7.31. The number of imidazole rings is 1. The van der Waals surface area contributed by atoms with Gasteiger partial charge >= 0.3 is 0 Å². The molecule has 8 nitrogen and oxygen atoms in total. The van der Waals surface area contributed by atoms with Gasteiger partial charge in [-0.2, -0.15) is 0 Å². The number of carbonyl (C=O) groups is 1. The van der Waals surface area contributed by atoms with Gasteiger partial charge in [-0.3, -0.25) is 9.36 Å². The Hall–Kier alpha value is -3.52. The van der Waals surface area contributed by atoms with Crippen molar-refractivity contribution < 1.29 is 14.3 Å². The maximum absolute atomic E-state index is 11.9. The quantitative estimate of drug-likeness (QED) is 0.502. The van der Waals surface area contributed by atoms with Gasteiger partial charge in [-0.25, -0.2) is 9.97 Å². The van der Waals surface area contributed by atoms with E-state index < -0.39 is 5.91 Å². The summed E-state index contributed by atoms with van der Waals surface area (Å²) in [7, 11) is 3.16. The first-order chi connectivity index (χ1) is 15.5. The van der Waals surface area contributed by atoms with Crippen molar-refractivity contribution in [2.45, 2.75) is 18.2 Å². The molecule has 0 fully saturated rings. The van der Waals surface area contributed by atoms with Gasteiger partial charge in [-0.05, 0) is 30.5 Å². The van der Waals surface area contributed by atoms with Crippen LogP contribution in [0.4, 0.5) is 5.82 Å². The molecule has 1 unspecified atom stereocenters. The number of ether oxygens (including phenoxy) is 2. The monoisotopic (exact) mass is 453 g/mol. The molecule has 3 N–H and O–H groups in total. The molecule has 2 heterocycles. The number of carbonyl (C=O) groups excluding carboxylic acids is 1. The average molecular weight is 454 g/mol. The van der Waals surface area contributed by atoms with Gasteiger partial charge in [0.25, 0.3) is 5.91 Å². The Labute approximate surface area is 190 Å². The standard InChI is InChI=1S/C23H24ClN5O3/c1-31-19-11-17-18(12-20(19)32-2)29(13-27-17)21-7-6-16(22(25)30)23(28-21)26-9-8-14-4-3-5-15(24)10-14/h3-4,6-7,10-13,15H,5,8-9H2,1-2H3,(H2,25,30)(H,26,28). The number of hydrogen-bond acceptors (Lipinski definition) is 6. The highest BCUT2D eigenvalue weighted by Crippen LogP contribution is 2.32. The Bertz CT molecular complexity index is 1220. The van der Waals surface area contributed by atoms with Gasteiger partial charge in [-0.1, -0.05) is 18.2 Å². The normalized spacial score (nSPS) is 15.5. The van der Waals surface area contributed by atoms with E-state index in [1.165, 1.54) is 0 Å². The van der Waals surface area contributed by atoms with Crippen molar-refractivity contribution >= 4 is 34.4 Å². The minimum Gasteiger partial charge on any atom is -0.493 e. The van der Waals surface area contributed by atoms with Crippen molar-refractivity contribution in [2.24, 2.45) is 5.73 Å². The Morgan fingerprint density at radius 1 is 1.28 bits per heavy atom. The van der Waals surface area contributed by atoms with Crippen LogP contribution in [0.1, 0.15) is 23.2 Å². The third-order valence-corrected chi connectivity index (χ3v) is 5.54. The Morgan fingerprint density at radius 2 is 2.06 bits per heavy atom. The predicted molar refractivity (Wildman–Crippen MR) is 125 cm³/mol. The highest BCUT2D eigenvalue weighted by atomic mass is 35.5. The SMILES string of the molecule is COc1cc2ncn(-c3ccc(C(N)=O)c(NCCC4=CC(Cl)CC=C4)n3)c2cc1OC. The largest absolute Gasteiger partial charge is 0.493 e. The second-order valence-corrected chi connectivity index (χ2v) is 7.87. The number of pyridine rings is 1.